The second-order valence-electron chi connectivity index (χ2n) is 10.5. The number of nitrogens with zero attached hydrogens (tertiary/aromatic N) is 1. The second kappa shape index (κ2) is 13.0. The summed E-state index contributed by atoms with van der Waals surface area (Å²) in [4.78, 5) is 15.0. The third-order valence-corrected chi connectivity index (χ3v) is 8.80. The Morgan fingerprint density at radius 1 is 0.951 bits per heavy atom. The van der Waals surface area contributed by atoms with Crippen LogP contribution in [-0.2, 0) is 21.2 Å². The molecule has 1 amide bonds. The zero-order valence-electron chi connectivity index (χ0n) is 24.2. The van der Waals surface area contributed by atoms with Gasteiger partial charge in [-0.1, -0.05) is 19.1 Å². The molecule has 1 heterocycles. The van der Waals surface area contributed by atoms with Crippen LogP contribution >= 0.6 is 0 Å². The number of amides is 1. The van der Waals surface area contributed by atoms with Crippen LogP contribution in [0.5, 0.6) is 11.5 Å². The zero-order valence-corrected chi connectivity index (χ0v) is 25.0. The summed E-state index contributed by atoms with van der Waals surface area (Å²) < 4.78 is 49.2. The van der Waals surface area contributed by atoms with Gasteiger partial charge in [0, 0.05) is 31.5 Å². The highest BCUT2D eigenvalue weighted by Gasteiger charge is 2.42. The van der Waals surface area contributed by atoms with Crippen molar-refractivity contribution in [3.05, 3.63) is 72.0 Å². The van der Waals surface area contributed by atoms with E-state index in [4.69, 9.17) is 9.47 Å². The number of halogens is 1. The average Bonchev–Trinajstić information content (AvgIpc) is 3.28. The van der Waals surface area contributed by atoms with Crippen molar-refractivity contribution in [3.63, 3.8) is 0 Å². The molecule has 3 aromatic carbocycles. The molecule has 1 N–H and O–H groups in total. The fourth-order valence-corrected chi connectivity index (χ4v) is 5.99. The molecule has 1 fully saturated rings. The van der Waals surface area contributed by atoms with Crippen molar-refractivity contribution in [1.82, 2.24) is 5.32 Å². The van der Waals surface area contributed by atoms with Gasteiger partial charge in [-0.2, -0.15) is 0 Å². The lowest BCUT2D eigenvalue weighted by molar-refractivity contribution is -0.117. The molecule has 1 saturated heterocycles. The van der Waals surface area contributed by atoms with Gasteiger partial charge in [0.2, 0.25) is 5.91 Å². The quantitative estimate of drug-likeness (QED) is 0.249. The first-order valence-corrected chi connectivity index (χ1v) is 16.0. The Hall–Kier alpha value is -3.43. The smallest absolute Gasteiger partial charge is 0.227 e. The molecular weight excluding hydrogens is 543 g/mol. The van der Waals surface area contributed by atoms with Crippen LogP contribution in [-0.4, -0.2) is 46.9 Å². The van der Waals surface area contributed by atoms with E-state index in [9.17, 15) is 17.6 Å². The Morgan fingerprint density at radius 3 is 2.10 bits per heavy atom. The minimum Gasteiger partial charge on any atom is -0.493 e. The maximum absolute atomic E-state index is 13.6. The van der Waals surface area contributed by atoms with Gasteiger partial charge < -0.3 is 19.7 Å². The third kappa shape index (κ3) is 7.26. The Balaban J connectivity index is 1.44. The maximum Gasteiger partial charge on any atom is 0.227 e. The predicted molar refractivity (Wildman–Crippen MR) is 160 cm³/mol. The second-order valence-corrected chi connectivity index (χ2v) is 12.6. The number of hydrogen-bond donors (Lipinski definition) is 1. The van der Waals surface area contributed by atoms with Gasteiger partial charge in [0.05, 0.1) is 23.7 Å². The molecule has 0 spiro atoms. The van der Waals surface area contributed by atoms with Crippen molar-refractivity contribution < 1.29 is 27.1 Å². The van der Waals surface area contributed by atoms with Crippen molar-refractivity contribution in [3.8, 4) is 22.6 Å². The van der Waals surface area contributed by atoms with Crippen LogP contribution in [0.4, 0.5) is 10.1 Å². The van der Waals surface area contributed by atoms with Crippen LogP contribution < -0.4 is 19.7 Å². The molecule has 41 heavy (non-hydrogen) atoms. The van der Waals surface area contributed by atoms with Crippen LogP contribution in [0.15, 0.2) is 65.6 Å². The van der Waals surface area contributed by atoms with E-state index in [0.29, 0.717) is 44.2 Å². The summed E-state index contributed by atoms with van der Waals surface area (Å²) in [6, 6.07) is 16.8. The first kappa shape index (κ1) is 30.5. The number of carbonyl (C=O) groups excluding carboxylic acids is 1. The van der Waals surface area contributed by atoms with Crippen LogP contribution in [0.25, 0.3) is 11.1 Å². The van der Waals surface area contributed by atoms with Gasteiger partial charge in [0.15, 0.2) is 9.84 Å². The zero-order chi connectivity index (χ0) is 29.6. The molecule has 1 aliphatic heterocycles. The van der Waals surface area contributed by atoms with Gasteiger partial charge in [-0.15, -0.1) is 0 Å². The van der Waals surface area contributed by atoms with E-state index in [1.54, 1.807) is 41.3 Å². The molecular formula is C32H39FN2O5S. The van der Waals surface area contributed by atoms with Crippen molar-refractivity contribution in [2.75, 3.05) is 37.5 Å². The molecule has 9 heteroatoms. The Kier molecular flexibility index (Phi) is 9.71. The number of carbonyl (C=O) groups is 1. The summed E-state index contributed by atoms with van der Waals surface area (Å²) in [6.07, 6.45) is 3.30. The number of anilines is 1. The molecule has 220 valence electrons. The summed E-state index contributed by atoms with van der Waals surface area (Å²) in [6.45, 7) is 8.84. The topological polar surface area (TPSA) is 84.9 Å². The fourth-order valence-electron chi connectivity index (χ4n) is 5.36. The number of sulfone groups is 1. The summed E-state index contributed by atoms with van der Waals surface area (Å²) in [7, 11) is -3.29. The summed E-state index contributed by atoms with van der Waals surface area (Å²) in [5.74, 6) is 1.13. The number of hydrogen-bond acceptors (Lipinski definition) is 6. The SMILES string of the molecule is CCOc1cc(CNCCC2(CC)CC(=O)N(c3ccc(S(C)(=O)=O)cc3)C2)cc(OCC)c1-c1ccc(F)cc1. The lowest BCUT2D eigenvalue weighted by atomic mass is 9.81. The number of nitrogens with one attached hydrogen (secondary N) is 1. The molecule has 0 aliphatic carbocycles. The molecule has 0 aromatic heterocycles. The summed E-state index contributed by atoms with van der Waals surface area (Å²) in [5.41, 5.74) is 3.18. The fraction of sp³-hybridized carbons (Fsp3) is 0.406. The molecule has 1 unspecified atom stereocenters. The van der Waals surface area contributed by atoms with Crippen molar-refractivity contribution in [1.29, 1.82) is 0 Å². The largest absolute Gasteiger partial charge is 0.493 e. The van der Waals surface area contributed by atoms with Gasteiger partial charge >= 0.3 is 0 Å². The van der Waals surface area contributed by atoms with Gasteiger partial charge in [-0.25, -0.2) is 12.8 Å². The predicted octanol–water partition coefficient (Wildman–Crippen LogP) is 6.01. The minimum absolute atomic E-state index is 0.0537. The van der Waals surface area contributed by atoms with Crippen LogP contribution in [0.3, 0.4) is 0 Å². The minimum atomic E-state index is -3.29. The molecule has 1 atom stereocenters. The molecule has 0 bridgehead atoms. The van der Waals surface area contributed by atoms with Gasteiger partial charge in [0.1, 0.15) is 17.3 Å². The number of rotatable bonds is 13. The van der Waals surface area contributed by atoms with Crippen LogP contribution in [0.1, 0.15) is 45.6 Å². The molecule has 0 saturated carbocycles. The van der Waals surface area contributed by atoms with Gasteiger partial charge in [-0.05, 0) is 98.3 Å². The Morgan fingerprint density at radius 2 is 1.56 bits per heavy atom. The number of ether oxygens (including phenoxy) is 2. The lowest BCUT2D eigenvalue weighted by Crippen LogP contribution is -2.31. The normalized spacial score (nSPS) is 17.2. The van der Waals surface area contributed by atoms with Crippen molar-refractivity contribution in [2.24, 2.45) is 5.41 Å². The van der Waals surface area contributed by atoms with E-state index in [1.807, 2.05) is 26.0 Å². The summed E-state index contributed by atoms with van der Waals surface area (Å²) in [5, 5.41) is 3.53. The van der Waals surface area contributed by atoms with Crippen LogP contribution in [0, 0.1) is 11.2 Å². The third-order valence-electron chi connectivity index (χ3n) is 7.67. The van der Waals surface area contributed by atoms with Crippen molar-refractivity contribution in [2.45, 2.75) is 51.5 Å². The monoisotopic (exact) mass is 582 g/mol. The maximum atomic E-state index is 13.6. The standard InChI is InChI=1S/C32H39FN2O5S/c1-5-32(20-30(36)35(22-32)26-12-14-27(15-13-26)41(4,37)38)16-17-34-21-23-18-28(39-6-2)31(29(19-23)40-7-3)24-8-10-25(33)11-9-24/h8-15,18-19,34H,5-7,16-17,20-22H2,1-4H3. The van der Waals surface area contributed by atoms with Crippen LogP contribution in [0.2, 0.25) is 0 Å². The first-order chi connectivity index (χ1) is 19.6. The van der Waals surface area contributed by atoms with E-state index in [2.05, 4.69) is 12.2 Å². The molecule has 7 nitrogen and oxygen atoms in total. The van der Waals surface area contributed by atoms with Gasteiger partial charge in [0.25, 0.3) is 0 Å². The van der Waals surface area contributed by atoms with E-state index < -0.39 is 9.84 Å². The Labute approximate surface area is 242 Å². The molecule has 3 aromatic rings. The first-order valence-electron chi connectivity index (χ1n) is 14.1. The van der Waals surface area contributed by atoms with Crippen molar-refractivity contribution >= 4 is 21.4 Å². The van der Waals surface area contributed by atoms with E-state index in [0.717, 1.165) is 41.8 Å². The molecule has 1 aliphatic rings. The molecule has 4 rings (SSSR count). The lowest BCUT2D eigenvalue weighted by Gasteiger charge is -2.28. The highest BCUT2D eigenvalue weighted by molar-refractivity contribution is 7.90. The molecule has 0 radical (unpaired) electrons. The highest BCUT2D eigenvalue weighted by atomic mass is 32.2. The summed E-state index contributed by atoms with van der Waals surface area (Å²) >= 11 is 0. The number of benzene rings is 3. The van der Waals surface area contributed by atoms with E-state index in [-0.39, 0.29) is 22.0 Å². The Bertz CT molecular complexity index is 1430. The van der Waals surface area contributed by atoms with E-state index in [1.165, 1.54) is 18.4 Å². The van der Waals surface area contributed by atoms with Gasteiger partial charge in [-0.3, -0.25) is 4.79 Å². The van der Waals surface area contributed by atoms with E-state index >= 15 is 0 Å². The average molecular weight is 583 g/mol. The highest BCUT2D eigenvalue weighted by Crippen LogP contribution is 2.41.